The molecule has 0 spiro atoms. The second-order valence-electron chi connectivity index (χ2n) is 7.46. The molecule has 0 fully saturated rings. The van der Waals surface area contributed by atoms with Gasteiger partial charge in [0.1, 0.15) is 0 Å². The lowest BCUT2D eigenvalue weighted by Crippen LogP contribution is -1.80. The van der Waals surface area contributed by atoms with E-state index in [2.05, 4.69) is 48.0 Å². The van der Waals surface area contributed by atoms with Gasteiger partial charge in [-0.05, 0) is 83.9 Å². The van der Waals surface area contributed by atoms with Crippen LogP contribution < -0.4 is 0 Å². The maximum absolute atomic E-state index is 8.86. The summed E-state index contributed by atoms with van der Waals surface area (Å²) in [5, 5.41) is 17.7. The van der Waals surface area contributed by atoms with Crippen LogP contribution in [0.1, 0.15) is 44.5 Å². The zero-order valence-electron chi connectivity index (χ0n) is 18.3. The van der Waals surface area contributed by atoms with E-state index in [0.29, 0.717) is 11.1 Å². The molecule has 0 bridgehead atoms. The molecule has 0 aliphatic rings. The minimum Gasteiger partial charge on any atom is -0.192 e. The maximum Gasteiger partial charge on any atom is 0.0991 e. The summed E-state index contributed by atoms with van der Waals surface area (Å²) in [5.74, 6) is 12.5. The van der Waals surface area contributed by atoms with Crippen LogP contribution in [0.2, 0.25) is 0 Å². The molecule has 4 rings (SSSR count). The summed E-state index contributed by atoms with van der Waals surface area (Å²) < 4.78 is 0. The van der Waals surface area contributed by atoms with Crippen molar-refractivity contribution >= 4 is 12.2 Å². The van der Waals surface area contributed by atoms with Crippen molar-refractivity contribution in [3.8, 4) is 35.8 Å². The van der Waals surface area contributed by atoms with Crippen molar-refractivity contribution < 1.29 is 0 Å². The van der Waals surface area contributed by atoms with E-state index in [0.717, 1.165) is 33.4 Å². The normalized spacial score (nSPS) is 9.71. The van der Waals surface area contributed by atoms with Crippen LogP contribution in [0.25, 0.3) is 12.2 Å². The highest BCUT2D eigenvalue weighted by Crippen LogP contribution is 2.11. The summed E-state index contributed by atoms with van der Waals surface area (Å²) in [6.45, 7) is 0. The molecule has 0 saturated carbocycles. The molecule has 0 N–H and O–H groups in total. The third kappa shape index (κ3) is 6.13. The van der Waals surface area contributed by atoms with Crippen molar-refractivity contribution in [3.63, 3.8) is 0 Å². The second-order valence-corrected chi connectivity index (χ2v) is 7.46. The first-order chi connectivity index (χ1) is 16.7. The van der Waals surface area contributed by atoms with Crippen molar-refractivity contribution in [3.05, 3.63) is 142 Å². The summed E-state index contributed by atoms with van der Waals surface area (Å²) in [6.07, 6.45) is 4.13. The van der Waals surface area contributed by atoms with Crippen LogP contribution in [0.5, 0.6) is 0 Å². The van der Waals surface area contributed by atoms with E-state index >= 15 is 0 Å². The van der Waals surface area contributed by atoms with Gasteiger partial charge in [0.05, 0.1) is 23.3 Å². The van der Waals surface area contributed by atoms with Gasteiger partial charge in [0.15, 0.2) is 0 Å². The Morgan fingerprint density at radius 3 is 0.853 bits per heavy atom. The van der Waals surface area contributed by atoms with Crippen molar-refractivity contribution in [1.29, 1.82) is 10.5 Å². The molecule has 0 amide bonds. The predicted octanol–water partition coefficient (Wildman–Crippen LogP) is 6.40. The summed E-state index contributed by atoms with van der Waals surface area (Å²) in [5.41, 5.74) is 7.08. The average Bonchev–Trinajstić information content (AvgIpc) is 2.91. The van der Waals surface area contributed by atoms with E-state index in [1.54, 1.807) is 24.3 Å². The Labute approximate surface area is 200 Å². The highest BCUT2D eigenvalue weighted by Gasteiger charge is 1.94. The maximum atomic E-state index is 8.86. The molecule has 0 unspecified atom stereocenters. The summed E-state index contributed by atoms with van der Waals surface area (Å²) in [4.78, 5) is 0. The van der Waals surface area contributed by atoms with E-state index in [-0.39, 0.29) is 0 Å². The third-order valence-electron chi connectivity index (χ3n) is 5.02. The predicted molar refractivity (Wildman–Crippen MR) is 136 cm³/mol. The summed E-state index contributed by atoms with van der Waals surface area (Å²) >= 11 is 0. The molecular formula is C32H18N2. The number of nitriles is 2. The fourth-order valence-corrected chi connectivity index (χ4v) is 3.09. The van der Waals surface area contributed by atoms with Crippen molar-refractivity contribution in [2.24, 2.45) is 0 Å². The molecule has 4 aromatic rings. The monoisotopic (exact) mass is 430 g/mol. The van der Waals surface area contributed by atoms with Crippen molar-refractivity contribution in [1.82, 2.24) is 0 Å². The smallest absolute Gasteiger partial charge is 0.0991 e. The molecule has 0 heterocycles. The number of nitrogens with zero attached hydrogens (tertiary/aromatic N) is 2. The average molecular weight is 431 g/mol. The number of benzene rings is 4. The number of hydrogen-bond acceptors (Lipinski definition) is 2. The SMILES string of the molecule is N#Cc1ccc(C#Cc2ccc(/C=C/c3ccc(C#Cc4ccc(C#N)cc4)cc3)cc2)cc1. The van der Waals surface area contributed by atoms with Crippen LogP contribution in [-0.4, -0.2) is 0 Å². The lowest BCUT2D eigenvalue weighted by atomic mass is 10.1. The van der Waals surface area contributed by atoms with Crippen LogP contribution in [0.15, 0.2) is 97.1 Å². The number of rotatable bonds is 2. The van der Waals surface area contributed by atoms with E-state index in [9.17, 15) is 0 Å². The molecule has 34 heavy (non-hydrogen) atoms. The Hall–Kier alpha value is -5.28. The molecule has 2 nitrogen and oxygen atoms in total. The van der Waals surface area contributed by atoms with Gasteiger partial charge < -0.3 is 0 Å². The Balaban J connectivity index is 1.37. The van der Waals surface area contributed by atoms with Gasteiger partial charge in [-0.15, -0.1) is 0 Å². The van der Waals surface area contributed by atoms with Gasteiger partial charge in [-0.25, -0.2) is 0 Å². The molecule has 0 aliphatic carbocycles. The van der Waals surface area contributed by atoms with Crippen molar-refractivity contribution in [2.75, 3.05) is 0 Å². The van der Waals surface area contributed by atoms with Gasteiger partial charge >= 0.3 is 0 Å². The highest BCUT2D eigenvalue weighted by atomic mass is 14.2. The van der Waals surface area contributed by atoms with Gasteiger partial charge in [-0.2, -0.15) is 10.5 Å². The first-order valence-electron chi connectivity index (χ1n) is 10.6. The molecular weight excluding hydrogens is 412 g/mol. The minimum absolute atomic E-state index is 0.632. The topological polar surface area (TPSA) is 47.6 Å². The molecule has 156 valence electrons. The van der Waals surface area contributed by atoms with Crippen LogP contribution in [0.4, 0.5) is 0 Å². The van der Waals surface area contributed by atoms with Crippen molar-refractivity contribution in [2.45, 2.75) is 0 Å². The Kier molecular flexibility index (Phi) is 7.00. The van der Waals surface area contributed by atoms with Crippen LogP contribution in [0, 0.1) is 46.3 Å². The fraction of sp³-hybridized carbons (Fsp3) is 0. The van der Waals surface area contributed by atoms with Gasteiger partial charge in [0.2, 0.25) is 0 Å². The lowest BCUT2D eigenvalue weighted by Gasteiger charge is -1.97. The first-order valence-corrected chi connectivity index (χ1v) is 10.6. The zero-order chi connectivity index (χ0) is 23.6. The zero-order valence-corrected chi connectivity index (χ0v) is 18.3. The first kappa shape index (κ1) is 21.9. The van der Waals surface area contributed by atoms with E-state index in [1.165, 1.54) is 0 Å². The molecule has 0 aliphatic heterocycles. The fourth-order valence-electron chi connectivity index (χ4n) is 3.09. The quantitative estimate of drug-likeness (QED) is 0.273. The molecule has 0 atom stereocenters. The molecule has 0 saturated heterocycles. The minimum atomic E-state index is 0.632. The Bertz CT molecular complexity index is 1400. The van der Waals surface area contributed by atoms with Gasteiger partial charge in [0.25, 0.3) is 0 Å². The molecule has 0 aromatic heterocycles. The van der Waals surface area contributed by atoms with E-state index in [4.69, 9.17) is 10.5 Å². The van der Waals surface area contributed by atoms with Gasteiger partial charge in [0, 0.05) is 22.3 Å². The number of hydrogen-bond donors (Lipinski definition) is 0. The van der Waals surface area contributed by atoms with Crippen LogP contribution in [0.3, 0.4) is 0 Å². The Morgan fingerprint density at radius 2 is 0.588 bits per heavy atom. The standard InChI is InChI=1S/C32H18N2/c33-23-31-19-15-29(16-20-31)13-11-27-7-3-25(4-8-27)1-2-26-5-9-28(10-6-26)12-14-30-17-21-32(24-34)22-18-30/h1-10,15-22H/b2-1+. The summed E-state index contributed by atoms with van der Waals surface area (Å²) in [7, 11) is 0. The third-order valence-corrected chi connectivity index (χ3v) is 5.02. The van der Waals surface area contributed by atoms with Gasteiger partial charge in [-0.3, -0.25) is 0 Å². The summed E-state index contributed by atoms with van der Waals surface area (Å²) in [6, 6.07) is 34.9. The van der Waals surface area contributed by atoms with Crippen LogP contribution >= 0.6 is 0 Å². The lowest BCUT2D eigenvalue weighted by molar-refractivity contribution is 1.48. The van der Waals surface area contributed by atoms with Crippen LogP contribution in [-0.2, 0) is 0 Å². The molecule has 2 heteroatoms. The second kappa shape index (κ2) is 10.8. The molecule has 4 aromatic carbocycles. The highest BCUT2D eigenvalue weighted by molar-refractivity contribution is 5.70. The Morgan fingerprint density at radius 1 is 0.353 bits per heavy atom. The van der Waals surface area contributed by atoms with Gasteiger partial charge in [-0.1, -0.05) is 60.1 Å². The largest absolute Gasteiger partial charge is 0.192 e. The molecule has 0 radical (unpaired) electrons. The van der Waals surface area contributed by atoms with E-state index < -0.39 is 0 Å². The van der Waals surface area contributed by atoms with E-state index in [1.807, 2.05) is 72.8 Å².